The zero-order valence-electron chi connectivity index (χ0n) is 7.59. The van der Waals surface area contributed by atoms with Gasteiger partial charge in [-0.15, -0.1) is 0 Å². The van der Waals surface area contributed by atoms with Crippen molar-refractivity contribution in [2.24, 2.45) is 0 Å². The van der Waals surface area contributed by atoms with Crippen molar-refractivity contribution in [1.82, 2.24) is 5.32 Å². The number of benzene rings is 1. The maximum atomic E-state index is 11.3. The molecule has 0 aromatic heterocycles. The molecular weight excluding hydrogens is 164 g/mol. The Balaban J connectivity index is 3.25. The van der Waals surface area contributed by atoms with Crippen LogP contribution in [-0.2, 0) is 0 Å². The van der Waals surface area contributed by atoms with Gasteiger partial charge in [0, 0.05) is 7.05 Å². The minimum absolute atomic E-state index is 0.222. The number of amides is 1. The van der Waals surface area contributed by atoms with Gasteiger partial charge in [0.2, 0.25) is 0 Å². The molecule has 66 valence electrons. The van der Waals surface area contributed by atoms with Gasteiger partial charge in [0.1, 0.15) is 0 Å². The van der Waals surface area contributed by atoms with Crippen LogP contribution in [0.2, 0.25) is 0 Å². The number of carbonyl (C=O) groups is 1. The summed E-state index contributed by atoms with van der Waals surface area (Å²) in [5, 5.41) is 11.2. The molecule has 0 aliphatic carbocycles. The Bertz CT molecular complexity index is 377. The molecule has 3 heteroatoms. The number of nitriles is 1. The predicted molar refractivity (Wildman–Crippen MR) is 49.3 cm³/mol. The molecule has 0 heterocycles. The monoisotopic (exact) mass is 174 g/mol. The van der Waals surface area contributed by atoms with Gasteiger partial charge in [-0.1, -0.05) is 11.6 Å². The van der Waals surface area contributed by atoms with Gasteiger partial charge < -0.3 is 5.32 Å². The topological polar surface area (TPSA) is 52.9 Å². The van der Waals surface area contributed by atoms with E-state index in [9.17, 15) is 4.79 Å². The molecule has 0 radical (unpaired) electrons. The number of rotatable bonds is 1. The molecule has 3 nitrogen and oxygen atoms in total. The second-order valence-corrected chi connectivity index (χ2v) is 2.74. The van der Waals surface area contributed by atoms with Gasteiger partial charge in [0.15, 0.2) is 0 Å². The molecule has 0 spiro atoms. The number of carbonyl (C=O) groups excluding carboxylic acids is 1. The van der Waals surface area contributed by atoms with Crippen LogP contribution in [0.25, 0.3) is 0 Å². The van der Waals surface area contributed by atoms with Gasteiger partial charge in [-0.2, -0.15) is 5.26 Å². The minimum atomic E-state index is -0.222. The third-order valence-electron chi connectivity index (χ3n) is 1.77. The average molecular weight is 174 g/mol. The normalized spacial score (nSPS) is 9.00. The van der Waals surface area contributed by atoms with Crippen molar-refractivity contribution >= 4 is 5.91 Å². The second-order valence-electron chi connectivity index (χ2n) is 2.74. The smallest absolute Gasteiger partial charge is 0.252 e. The lowest BCUT2D eigenvalue weighted by Gasteiger charge is -2.02. The molecule has 0 saturated carbocycles. The van der Waals surface area contributed by atoms with E-state index in [1.165, 1.54) is 0 Å². The first kappa shape index (κ1) is 9.27. The van der Waals surface area contributed by atoms with Crippen LogP contribution in [0.4, 0.5) is 0 Å². The first-order valence-electron chi connectivity index (χ1n) is 3.92. The van der Waals surface area contributed by atoms with Crippen LogP contribution >= 0.6 is 0 Å². The van der Waals surface area contributed by atoms with Crippen molar-refractivity contribution in [2.45, 2.75) is 6.92 Å². The van der Waals surface area contributed by atoms with E-state index in [4.69, 9.17) is 5.26 Å². The zero-order chi connectivity index (χ0) is 9.84. The fourth-order valence-electron chi connectivity index (χ4n) is 1.08. The summed E-state index contributed by atoms with van der Waals surface area (Å²) in [4.78, 5) is 11.3. The largest absolute Gasteiger partial charge is 0.355 e. The van der Waals surface area contributed by atoms with E-state index in [0.717, 1.165) is 5.56 Å². The SMILES string of the molecule is CNC(=O)c1cc(C)ccc1C#N. The molecule has 0 aliphatic heterocycles. The third kappa shape index (κ3) is 1.85. The summed E-state index contributed by atoms with van der Waals surface area (Å²) in [6.07, 6.45) is 0. The second kappa shape index (κ2) is 3.72. The highest BCUT2D eigenvalue weighted by atomic mass is 16.1. The van der Waals surface area contributed by atoms with Crippen molar-refractivity contribution in [3.05, 3.63) is 34.9 Å². The fraction of sp³-hybridized carbons (Fsp3) is 0.200. The molecule has 0 aliphatic rings. The van der Waals surface area contributed by atoms with E-state index >= 15 is 0 Å². The minimum Gasteiger partial charge on any atom is -0.355 e. The summed E-state index contributed by atoms with van der Waals surface area (Å²) in [5.41, 5.74) is 1.81. The quantitative estimate of drug-likeness (QED) is 0.696. The van der Waals surface area contributed by atoms with Crippen LogP contribution < -0.4 is 5.32 Å². The summed E-state index contributed by atoms with van der Waals surface area (Å²) < 4.78 is 0. The molecule has 0 saturated heterocycles. The lowest BCUT2D eigenvalue weighted by molar-refractivity contribution is 0.0963. The summed E-state index contributed by atoms with van der Waals surface area (Å²) >= 11 is 0. The Morgan fingerprint density at radius 1 is 1.54 bits per heavy atom. The highest BCUT2D eigenvalue weighted by molar-refractivity contribution is 5.96. The van der Waals surface area contributed by atoms with E-state index in [-0.39, 0.29) is 5.91 Å². The van der Waals surface area contributed by atoms with Gasteiger partial charge >= 0.3 is 0 Å². The number of aryl methyl sites for hydroxylation is 1. The maximum Gasteiger partial charge on any atom is 0.252 e. The Morgan fingerprint density at radius 3 is 2.77 bits per heavy atom. The van der Waals surface area contributed by atoms with Crippen LogP contribution in [0, 0.1) is 18.3 Å². The van der Waals surface area contributed by atoms with Gasteiger partial charge in [-0.25, -0.2) is 0 Å². The van der Waals surface area contributed by atoms with E-state index in [2.05, 4.69) is 5.32 Å². The van der Waals surface area contributed by atoms with E-state index in [1.54, 1.807) is 19.2 Å². The van der Waals surface area contributed by atoms with Gasteiger partial charge in [-0.05, 0) is 19.1 Å². The number of hydrogen-bond acceptors (Lipinski definition) is 2. The van der Waals surface area contributed by atoms with Gasteiger partial charge in [0.25, 0.3) is 5.91 Å². The van der Waals surface area contributed by atoms with E-state index in [1.807, 2.05) is 19.1 Å². The Hall–Kier alpha value is -1.82. The van der Waals surface area contributed by atoms with Crippen LogP contribution in [0.15, 0.2) is 18.2 Å². The Morgan fingerprint density at radius 2 is 2.23 bits per heavy atom. The third-order valence-corrected chi connectivity index (χ3v) is 1.77. The first-order chi connectivity index (χ1) is 6.19. The number of hydrogen-bond donors (Lipinski definition) is 1. The van der Waals surface area contributed by atoms with Crippen molar-refractivity contribution < 1.29 is 4.79 Å². The van der Waals surface area contributed by atoms with Crippen molar-refractivity contribution in [2.75, 3.05) is 7.05 Å². The fourth-order valence-corrected chi connectivity index (χ4v) is 1.08. The molecule has 13 heavy (non-hydrogen) atoms. The zero-order valence-corrected chi connectivity index (χ0v) is 7.59. The molecule has 1 amide bonds. The lowest BCUT2D eigenvalue weighted by atomic mass is 10.1. The summed E-state index contributed by atoms with van der Waals surface area (Å²) in [5.74, 6) is -0.222. The molecule has 0 bridgehead atoms. The average Bonchev–Trinajstić information content (AvgIpc) is 2.16. The van der Waals surface area contributed by atoms with Crippen LogP contribution in [0.5, 0.6) is 0 Å². The Kier molecular flexibility index (Phi) is 2.65. The van der Waals surface area contributed by atoms with Crippen LogP contribution in [0.1, 0.15) is 21.5 Å². The lowest BCUT2D eigenvalue weighted by Crippen LogP contribution is -2.19. The summed E-state index contributed by atoms with van der Waals surface area (Å²) in [7, 11) is 1.55. The standard InChI is InChI=1S/C10H10N2O/c1-7-3-4-8(6-11)9(5-7)10(13)12-2/h3-5H,1-2H3,(H,12,13). The van der Waals surface area contributed by atoms with Gasteiger partial charge in [0.05, 0.1) is 17.2 Å². The molecular formula is C10H10N2O. The maximum absolute atomic E-state index is 11.3. The number of nitrogens with zero attached hydrogens (tertiary/aromatic N) is 1. The molecule has 1 aromatic carbocycles. The molecule has 1 N–H and O–H groups in total. The van der Waals surface area contributed by atoms with Crippen molar-refractivity contribution in [3.63, 3.8) is 0 Å². The van der Waals surface area contributed by atoms with E-state index < -0.39 is 0 Å². The molecule has 1 rings (SSSR count). The van der Waals surface area contributed by atoms with Crippen molar-refractivity contribution in [3.8, 4) is 6.07 Å². The first-order valence-corrected chi connectivity index (χ1v) is 3.92. The highest BCUT2D eigenvalue weighted by Gasteiger charge is 2.08. The van der Waals surface area contributed by atoms with Crippen LogP contribution in [-0.4, -0.2) is 13.0 Å². The van der Waals surface area contributed by atoms with Crippen molar-refractivity contribution in [1.29, 1.82) is 5.26 Å². The Labute approximate surface area is 77.0 Å². The molecule has 1 aromatic rings. The highest BCUT2D eigenvalue weighted by Crippen LogP contribution is 2.10. The predicted octanol–water partition coefficient (Wildman–Crippen LogP) is 1.23. The summed E-state index contributed by atoms with van der Waals surface area (Å²) in [6, 6.07) is 7.15. The molecule has 0 atom stereocenters. The van der Waals surface area contributed by atoms with Gasteiger partial charge in [-0.3, -0.25) is 4.79 Å². The van der Waals surface area contributed by atoms with E-state index in [0.29, 0.717) is 11.1 Å². The molecule has 0 fully saturated rings. The summed E-state index contributed by atoms with van der Waals surface area (Å²) in [6.45, 7) is 1.88. The van der Waals surface area contributed by atoms with Crippen LogP contribution in [0.3, 0.4) is 0 Å². The molecule has 0 unspecified atom stereocenters. The number of nitrogens with one attached hydrogen (secondary N) is 1.